The highest BCUT2D eigenvalue weighted by atomic mass is 16.2. The summed E-state index contributed by atoms with van der Waals surface area (Å²) >= 11 is 0. The molecule has 0 unspecified atom stereocenters. The van der Waals surface area contributed by atoms with E-state index < -0.39 is 5.92 Å². The second kappa shape index (κ2) is 7.67. The summed E-state index contributed by atoms with van der Waals surface area (Å²) in [6.07, 6.45) is 12.1. The van der Waals surface area contributed by atoms with Gasteiger partial charge in [0.25, 0.3) is 11.8 Å². The average molecular weight is 406 g/mol. The first kappa shape index (κ1) is 19.7. The minimum atomic E-state index is -0.612. The van der Waals surface area contributed by atoms with E-state index in [1.54, 1.807) is 25.1 Å². The number of rotatable bonds is 4. The van der Waals surface area contributed by atoms with Crippen molar-refractivity contribution in [1.82, 2.24) is 21.1 Å². The summed E-state index contributed by atoms with van der Waals surface area (Å²) < 4.78 is 0. The van der Waals surface area contributed by atoms with Crippen LogP contribution in [0, 0.1) is 6.92 Å². The van der Waals surface area contributed by atoms with Gasteiger partial charge in [0.05, 0.1) is 22.7 Å². The number of hydrogen-bond donors (Lipinski definition) is 3. The Hall–Kier alpha value is -3.61. The summed E-state index contributed by atoms with van der Waals surface area (Å²) in [5, 5.41) is 2.85. The van der Waals surface area contributed by atoms with Gasteiger partial charge in [0.1, 0.15) is 5.82 Å². The zero-order valence-corrected chi connectivity index (χ0v) is 17.2. The molecule has 156 valence electrons. The molecular formula is C23H26N4O3. The molecule has 7 heteroatoms. The minimum absolute atomic E-state index is 0. The van der Waals surface area contributed by atoms with E-state index in [1.165, 1.54) is 7.05 Å². The molecule has 3 aliphatic rings. The molecule has 30 heavy (non-hydrogen) atoms. The van der Waals surface area contributed by atoms with Gasteiger partial charge in [-0.05, 0) is 61.6 Å². The van der Waals surface area contributed by atoms with Crippen molar-refractivity contribution in [3.8, 4) is 0 Å². The van der Waals surface area contributed by atoms with Crippen molar-refractivity contribution < 1.29 is 15.8 Å². The average Bonchev–Trinajstić information content (AvgIpc) is 2.97. The van der Waals surface area contributed by atoms with E-state index in [0.29, 0.717) is 22.5 Å². The van der Waals surface area contributed by atoms with E-state index in [0.717, 1.165) is 34.6 Å². The van der Waals surface area contributed by atoms with Crippen LogP contribution in [0.25, 0.3) is 0 Å². The van der Waals surface area contributed by atoms with Gasteiger partial charge in [-0.3, -0.25) is 30.1 Å². The summed E-state index contributed by atoms with van der Waals surface area (Å²) in [6, 6.07) is 3.50. The fourth-order valence-corrected chi connectivity index (χ4v) is 3.83. The van der Waals surface area contributed by atoms with Crippen molar-refractivity contribution in [3.63, 3.8) is 0 Å². The van der Waals surface area contributed by atoms with Gasteiger partial charge >= 0.3 is 0 Å². The third-order valence-electron chi connectivity index (χ3n) is 5.54. The number of hydrazine groups is 1. The molecule has 1 atom stereocenters. The Morgan fingerprint density at radius 1 is 1.17 bits per heavy atom. The second-order valence-corrected chi connectivity index (χ2v) is 7.71. The highest BCUT2D eigenvalue weighted by molar-refractivity contribution is 6.22. The van der Waals surface area contributed by atoms with Gasteiger partial charge in [0.15, 0.2) is 0 Å². The van der Waals surface area contributed by atoms with Crippen molar-refractivity contribution in [2.75, 3.05) is 7.05 Å². The van der Waals surface area contributed by atoms with Crippen LogP contribution in [0.4, 0.5) is 0 Å². The number of fused-ring (bicyclic) bond motifs is 1. The quantitative estimate of drug-likeness (QED) is 0.669. The van der Waals surface area contributed by atoms with E-state index in [9.17, 15) is 14.4 Å². The van der Waals surface area contributed by atoms with Gasteiger partial charge in [-0.15, -0.1) is 0 Å². The summed E-state index contributed by atoms with van der Waals surface area (Å²) in [7, 11) is 1.46. The molecule has 0 radical (unpaired) electrons. The zero-order valence-electron chi connectivity index (χ0n) is 17.2. The molecule has 7 nitrogen and oxygen atoms in total. The molecular weight excluding hydrogens is 380 g/mol. The maximum Gasteiger partial charge on any atom is 0.261 e. The highest BCUT2D eigenvalue weighted by Crippen LogP contribution is 2.31. The fraction of sp³-hybridized carbons (Fsp3) is 0.261. The van der Waals surface area contributed by atoms with Crippen LogP contribution < -0.4 is 16.2 Å². The van der Waals surface area contributed by atoms with Crippen LogP contribution in [0.3, 0.4) is 0 Å². The molecule has 1 aliphatic carbocycles. The van der Waals surface area contributed by atoms with Crippen molar-refractivity contribution in [1.29, 1.82) is 0 Å². The van der Waals surface area contributed by atoms with Gasteiger partial charge in [-0.1, -0.05) is 24.3 Å². The molecule has 3 N–H and O–H groups in total. The SMILES string of the molecule is Cc1cc2c(c([C@H](C)C(=O)NC3=CC=C(C4=CCCC=C4)NN3)c1)C(=O)N(C)C2=O.[HH]. The molecule has 2 aliphatic heterocycles. The van der Waals surface area contributed by atoms with E-state index in [1.807, 2.05) is 13.0 Å². The van der Waals surface area contributed by atoms with Gasteiger partial charge in [-0.25, -0.2) is 0 Å². The monoisotopic (exact) mass is 406 g/mol. The van der Waals surface area contributed by atoms with Gasteiger partial charge in [0, 0.05) is 8.47 Å². The number of benzene rings is 1. The number of imide groups is 1. The van der Waals surface area contributed by atoms with Crippen LogP contribution in [0.2, 0.25) is 0 Å². The lowest BCUT2D eigenvalue weighted by Gasteiger charge is -2.23. The summed E-state index contributed by atoms with van der Waals surface area (Å²) in [5.74, 6) is -1.08. The Balaban J connectivity index is 0.00000272. The van der Waals surface area contributed by atoms with Crippen molar-refractivity contribution >= 4 is 17.7 Å². The van der Waals surface area contributed by atoms with Crippen molar-refractivity contribution in [2.45, 2.75) is 32.6 Å². The summed E-state index contributed by atoms with van der Waals surface area (Å²) in [4.78, 5) is 38.9. The van der Waals surface area contributed by atoms with E-state index in [2.05, 4.69) is 34.4 Å². The van der Waals surface area contributed by atoms with Crippen molar-refractivity contribution in [2.24, 2.45) is 0 Å². The Bertz CT molecular complexity index is 1080. The molecule has 0 spiro atoms. The molecule has 0 bridgehead atoms. The Labute approximate surface area is 176 Å². The number of amides is 3. The lowest BCUT2D eigenvalue weighted by molar-refractivity contribution is -0.121. The lowest BCUT2D eigenvalue weighted by atomic mass is 9.90. The lowest BCUT2D eigenvalue weighted by Crippen LogP contribution is -2.42. The van der Waals surface area contributed by atoms with Gasteiger partial charge in [0.2, 0.25) is 5.91 Å². The van der Waals surface area contributed by atoms with E-state index >= 15 is 0 Å². The fourth-order valence-electron chi connectivity index (χ4n) is 3.83. The third-order valence-corrected chi connectivity index (χ3v) is 5.54. The van der Waals surface area contributed by atoms with Crippen LogP contribution in [-0.2, 0) is 4.79 Å². The molecule has 0 fully saturated rings. The minimum Gasteiger partial charge on any atom is -0.311 e. The molecule has 1 aromatic carbocycles. The van der Waals surface area contributed by atoms with Gasteiger partial charge < -0.3 is 5.32 Å². The smallest absolute Gasteiger partial charge is 0.261 e. The summed E-state index contributed by atoms with van der Waals surface area (Å²) in [6.45, 7) is 3.58. The topological polar surface area (TPSA) is 90.5 Å². The number of aryl methyl sites for hydroxylation is 1. The van der Waals surface area contributed by atoms with Crippen LogP contribution in [-0.4, -0.2) is 29.7 Å². The highest BCUT2D eigenvalue weighted by Gasteiger charge is 2.37. The molecule has 3 amide bonds. The normalized spacial score (nSPS) is 18.6. The van der Waals surface area contributed by atoms with Crippen LogP contribution in [0.5, 0.6) is 0 Å². The second-order valence-electron chi connectivity index (χ2n) is 7.71. The van der Waals surface area contributed by atoms with Crippen molar-refractivity contribution in [3.05, 3.63) is 81.9 Å². The predicted octanol–water partition coefficient (Wildman–Crippen LogP) is 2.80. The Morgan fingerprint density at radius 3 is 2.63 bits per heavy atom. The molecule has 0 saturated heterocycles. The summed E-state index contributed by atoms with van der Waals surface area (Å²) in [5.41, 5.74) is 10.2. The largest absolute Gasteiger partial charge is 0.311 e. The van der Waals surface area contributed by atoms with Gasteiger partial charge in [-0.2, -0.15) is 0 Å². The number of nitrogens with one attached hydrogen (secondary N) is 3. The molecule has 0 aromatic heterocycles. The molecule has 0 saturated carbocycles. The number of allylic oxidation sites excluding steroid dienone is 5. The molecule has 2 heterocycles. The number of carbonyl (C=O) groups is 3. The molecule has 4 rings (SSSR count). The number of hydrogen-bond acceptors (Lipinski definition) is 5. The molecule has 1 aromatic rings. The van der Waals surface area contributed by atoms with Crippen LogP contribution in [0.1, 0.15) is 59.0 Å². The maximum atomic E-state index is 12.9. The third kappa shape index (κ3) is 3.43. The maximum absolute atomic E-state index is 12.9. The Morgan fingerprint density at radius 2 is 1.97 bits per heavy atom. The standard InChI is InChI=1S/C23H24N4O3.H2/c1-13-11-16(20-17(12-13)22(29)27(3)23(20)30)14(2)21(28)24-19-10-9-18(25-26-19)15-7-5-4-6-8-15;/h5,7-12,14,25-26H,4,6H2,1-3H3,(H,24,28);1H/t14-;/m0./s1. The number of nitrogens with zero attached hydrogens (tertiary/aromatic N) is 1. The number of carbonyl (C=O) groups excluding carboxylic acids is 3. The van der Waals surface area contributed by atoms with E-state index in [-0.39, 0.29) is 19.1 Å². The van der Waals surface area contributed by atoms with Crippen LogP contribution >= 0.6 is 0 Å². The predicted molar refractivity (Wildman–Crippen MR) is 115 cm³/mol. The first-order valence-corrected chi connectivity index (χ1v) is 9.95. The van der Waals surface area contributed by atoms with E-state index in [4.69, 9.17) is 0 Å². The zero-order chi connectivity index (χ0) is 21.4. The first-order valence-electron chi connectivity index (χ1n) is 9.95. The Kier molecular flexibility index (Phi) is 5.03. The van der Waals surface area contributed by atoms with Crippen LogP contribution in [0.15, 0.2) is 59.6 Å². The first-order chi connectivity index (χ1) is 14.4.